The summed E-state index contributed by atoms with van der Waals surface area (Å²) in [4.78, 5) is 0. The summed E-state index contributed by atoms with van der Waals surface area (Å²) in [6.07, 6.45) is 8.24. The Morgan fingerprint density at radius 1 is 1.38 bits per heavy atom. The zero-order valence-electron chi connectivity index (χ0n) is 9.69. The molecule has 1 aliphatic carbocycles. The number of methoxy groups -OCH3 is 1. The molecule has 16 heavy (non-hydrogen) atoms. The highest BCUT2D eigenvalue weighted by Crippen LogP contribution is 2.17. The van der Waals surface area contributed by atoms with Gasteiger partial charge in [-0.2, -0.15) is 0 Å². The Bertz CT molecular complexity index is 358. The molecule has 0 N–H and O–H groups in total. The molecule has 1 aromatic carbocycles. The van der Waals surface area contributed by atoms with Crippen molar-refractivity contribution in [3.63, 3.8) is 0 Å². The molecule has 0 aromatic heterocycles. The highest BCUT2D eigenvalue weighted by Gasteiger charge is 2.08. The van der Waals surface area contributed by atoms with E-state index in [9.17, 15) is 0 Å². The van der Waals surface area contributed by atoms with Crippen LogP contribution in [0, 0.1) is 0 Å². The third-order valence-electron chi connectivity index (χ3n) is 2.81. The summed E-state index contributed by atoms with van der Waals surface area (Å²) >= 11 is 0. The fraction of sp³-hybridized carbons (Fsp3) is 0.429. The summed E-state index contributed by atoms with van der Waals surface area (Å²) < 4.78 is 11.0. The van der Waals surface area contributed by atoms with E-state index in [4.69, 9.17) is 9.47 Å². The topological polar surface area (TPSA) is 18.5 Å². The van der Waals surface area contributed by atoms with Gasteiger partial charge in [0.05, 0.1) is 19.8 Å². The zero-order chi connectivity index (χ0) is 11.2. The molecular weight excluding hydrogens is 200 g/mol. The van der Waals surface area contributed by atoms with Crippen LogP contribution in [-0.2, 0) is 11.3 Å². The molecule has 0 radical (unpaired) electrons. The largest absolute Gasteiger partial charge is 0.497 e. The highest BCUT2D eigenvalue weighted by atomic mass is 16.5. The number of ether oxygens (including phenoxy) is 2. The van der Waals surface area contributed by atoms with Crippen molar-refractivity contribution in [1.29, 1.82) is 0 Å². The lowest BCUT2D eigenvalue weighted by atomic mass is 10.1. The Morgan fingerprint density at radius 3 is 3.06 bits per heavy atom. The normalized spacial score (nSPS) is 19.7. The first-order chi connectivity index (χ1) is 7.88. The Kier molecular flexibility index (Phi) is 4.00. The first-order valence-corrected chi connectivity index (χ1v) is 5.79. The van der Waals surface area contributed by atoms with Crippen molar-refractivity contribution in [2.45, 2.75) is 32.0 Å². The van der Waals surface area contributed by atoms with Crippen LogP contribution in [-0.4, -0.2) is 13.2 Å². The quantitative estimate of drug-likeness (QED) is 0.722. The number of hydrogen-bond acceptors (Lipinski definition) is 2. The van der Waals surface area contributed by atoms with Gasteiger partial charge in [0.1, 0.15) is 5.75 Å². The second-order valence-electron chi connectivity index (χ2n) is 4.06. The Morgan fingerprint density at radius 2 is 2.31 bits per heavy atom. The fourth-order valence-corrected chi connectivity index (χ4v) is 1.89. The van der Waals surface area contributed by atoms with Crippen LogP contribution in [0.25, 0.3) is 0 Å². The van der Waals surface area contributed by atoms with Gasteiger partial charge in [-0.15, -0.1) is 0 Å². The number of hydrogen-bond donors (Lipinski definition) is 0. The van der Waals surface area contributed by atoms with Crippen LogP contribution in [0.2, 0.25) is 0 Å². The van der Waals surface area contributed by atoms with E-state index in [1.165, 1.54) is 18.4 Å². The maximum atomic E-state index is 5.83. The van der Waals surface area contributed by atoms with Crippen molar-refractivity contribution >= 4 is 0 Å². The first-order valence-electron chi connectivity index (χ1n) is 5.79. The maximum Gasteiger partial charge on any atom is 0.119 e. The molecule has 2 heteroatoms. The molecule has 1 aliphatic rings. The van der Waals surface area contributed by atoms with Crippen molar-refractivity contribution in [2.75, 3.05) is 7.11 Å². The Balaban J connectivity index is 1.88. The minimum absolute atomic E-state index is 0.292. The monoisotopic (exact) mass is 218 g/mol. The lowest BCUT2D eigenvalue weighted by Crippen LogP contribution is -2.12. The molecule has 0 heterocycles. The van der Waals surface area contributed by atoms with E-state index >= 15 is 0 Å². The maximum absolute atomic E-state index is 5.83. The van der Waals surface area contributed by atoms with Crippen LogP contribution >= 0.6 is 0 Å². The van der Waals surface area contributed by atoms with E-state index < -0.39 is 0 Å². The molecule has 2 rings (SSSR count). The predicted octanol–water partition coefficient (Wildman–Crippen LogP) is 3.32. The molecule has 1 unspecified atom stereocenters. The molecule has 0 amide bonds. The van der Waals surface area contributed by atoms with E-state index in [1.807, 2.05) is 18.2 Å². The van der Waals surface area contributed by atoms with Gasteiger partial charge in [0, 0.05) is 0 Å². The van der Waals surface area contributed by atoms with Gasteiger partial charge in [-0.05, 0) is 37.0 Å². The van der Waals surface area contributed by atoms with Crippen LogP contribution in [0.1, 0.15) is 24.8 Å². The second-order valence-corrected chi connectivity index (χ2v) is 4.06. The molecule has 0 aliphatic heterocycles. The predicted molar refractivity (Wildman–Crippen MR) is 64.6 cm³/mol. The molecule has 0 bridgehead atoms. The van der Waals surface area contributed by atoms with Crippen molar-refractivity contribution in [1.82, 2.24) is 0 Å². The summed E-state index contributed by atoms with van der Waals surface area (Å²) in [6, 6.07) is 8.03. The van der Waals surface area contributed by atoms with Gasteiger partial charge in [0.15, 0.2) is 0 Å². The summed E-state index contributed by atoms with van der Waals surface area (Å²) in [7, 11) is 1.68. The van der Waals surface area contributed by atoms with Crippen LogP contribution in [0.5, 0.6) is 5.75 Å². The fourth-order valence-electron chi connectivity index (χ4n) is 1.89. The minimum atomic E-state index is 0.292. The first kappa shape index (κ1) is 11.2. The third-order valence-corrected chi connectivity index (χ3v) is 2.81. The summed E-state index contributed by atoms with van der Waals surface area (Å²) in [5.41, 5.74) is 1.17. The SMILES string of the molecule is COc1cccc(COC2C=CCCC2)c1. The number of benzene rings is 1. The number of rotatable bonds is 4. The third kappa shape index (κ3) is 3.11. The molecule has 2 nitrogen and oxygen atoms in total. The van der Waals surface area contributed by atoms with Crippen molar-refractivity contribution in [2.24, 2.45) is 0 Å². The molecule has 1 aromatic rings. The van der Waals surface area contributed by atoms with Crippen LogP contribution < -0.4 is 4.74 Å². The van der Waals surface area contributed by atoms with Crippen LogP contribution in [0.15, 0.2) is 36.4 Å². The lowest BCUT2D eigenvalue weighted by Gasteiger charge is -2.17. The van der Waals surface area contributed by atoms with E-state index in [1.54, 1.807) is 7.11 Å². The molecule has 0 fully saturated rings. The van der Waals surface area contributed by atoms with E-state index in [0.29, 0.717) is 12.7 Å². The van der Waals surface area contributed by atoms with Crippen molar-refractivity contribution < 1.29 is 9.47 Å². The van der Waals surface area contributed by atoms with Gasteiger partial charge >= 0.3 is 0 Å². The van der Waals surface area contributed by atoms with E-state index in [0.717, 1.165) is 12.2 Å². The van der Waals surface area contributed by atoms with Crippen molar-refractivity contribution in [3.8, 4) is 5.75 Å². The second kappa shape index (κ2) is 5.71. The summed E-state index contributed by atoms with van der Waals surface area (Å²) in [5, 5.41) is 0. The van der Waals surface area contributed by atoms with Gasteiger partial charge in [-0.25, -0.2) is 0 Å². The molecule has 86 valence electrons. The average Bonchev–Trinajstić information content (AvgIpc) is 2.38. The smallest absolute Gasteiger partial charge is 0.119 e. The molecule has 0 spiro atoms. The minimum Gasteiger partial charge on any atom is -0.497 e. The molecule has 0 saturated carbocycles. The van der Waals surface area contributed by atoms with Gasteiger partial charge < -0.3 is 9.47 Å². The van der Waals surface area contributed by atoms with Crippen LogP contribution in [0.4, 0.5) is 0 Å². The van der Waals surface area contributed by atoms with Gasteiger partial charge in [-0.1, -0.05) is 24.3 Å². The van der Waals surface area contributed by atoms with Crippen molar-refractivity contribution in [3.05, 3.63) is 42.0 Å². The average molecular weight is 218 g/mol. The van der Waals surface area contributed by atoms with Gasteiger partial charge in [-0.3, -0.25) is 0 Å². The Hall–Kier alpha value is -1.28. The molecule has 1 atom stereocenters. The lowest BCUT2D eigenvalue weighted by molar-refractivity contribution is 0.0624. The number of allylic oxidation sites excluding steroid dienone is 1. The van der Waals surface area contributed by atoms with E-state index in [-0.39, 0.29) is 0 Å². The van der Waals surface area contributed by atoms with E-state index in [2.05, 4.69) is 18.2 Å². The molecule has 0 saturated heterocycles. The zero-order valence-corrected chi connectivity index (χ0v) is 9.69. The van der Waals surface area contributed by atoms with Gasteiger partial charge in [0.25, 0.3) is 0 Å². The Labute approximate surface area is 96.9 Å². The standard InChI is InChI=1S/C14H18O2/c1-15-14-9-5-6-12(10-14)11-16-13-7-3-2-4-8-13/h3,5-7,9-10,13H,2,4,8,11H2,1H3. The van der Waals surface area contributed by atoms with Crippen LogP contribution in [0.3, 0.4) is 0 Å². The molecular formula is C14H18O2. The summed E-state index contributed by atoms with van der Waals surface area (Å²) in [5.74, 6) is 0.889. The van der Waals surface area contributed by atoms with Gasteiger partial charge in [0.2, 0.25) is 0 Å². The highest BCUT2D eigenvalue weighted by molar-refractivity contribution is 5.27. The summed E-state index contributed by atoms with van der Waals surface area (Å²) in [6.45, 7) is 0.659.